The van der Waals surface area contributed by atoms with Crippen LogP contribution in [0.4, 0.5) is 4.39 Å². The van der Waals surface area contributed by atoms with Gasteiger partial charge in [-0.15, -0.1) is 0 Å². The lowest BCUT2D eigenvalue weighted by molar-refractivity contribution is 0.415. The third-order valence-electron chi connectivity index (χ3n) is 5.72. The van der Waals surface area contributed by atoms with Gasteiger partial charge in [-0.2, -0.15) is 5.10 Å². The first-order valence-corrected chi connectivity index (χ1v) is 11.1. The molecule has 0 atom stereocenters. The molecule has 0 aliphatic heterocycles. The molecule has 33 heavy (non-hydrogen) atoms. The van der Waals surface area contributed by atoms with Gasteiger partial charge in [0.15, 0.2) is 5.65 Å². The minimum absolute atomic E-state index is 0.334. The van der Waals surface area contributed by atoms with Crippen molar-refractivity contribution in [3.05, 3.63) is 95.5 Å². The van der Waals surface area contributed by atoms with Crippen LogP contribution < -0.4 is 4.74 Å². The first-order chi connectivity index (χ1) is 16.1. The highest BCUT2D eigenvalue weighted by molar-refractivity contribution is 6.32. The van der Waals surface area contributed by atoms with Gasteiger partial charge in [-0.25, -0.2) is 13.9 Å². The highest BCUT2D eigenvalue weighted by Crippen LogP contribution is 2.40. The Kier molecular flexibility index (Phi) is 5.56. The van der Waals surface area contributed by atoms with Crippen LogP contribution in [0, 0.1) is 5.82 Å². The lowest BCUT2D eigenvalue weighted by atomic mass is 10.00. The molecule has 5 aromatic rings. The van der Waals surface area contributed by atoms with E-state index in [2.05, 4.69) is 0 Å². The molecule has 0 unspecified atom stereocenters. The van der Waals surface area contributed by atoms with Crippen LogP contribution in [0.25, 0.3) is 39.2 Å². The molecule has 0 saturated carbocycles. The van der Waals surface area contributed by atoms with Crippen LogP contribution in [0.5, 0.6) is 5.75 Å². The number of methoxy groups -OCH3 is 1. The summed E-state index contributed by atoms with van der Waals surface area (Å²) < 4.78 is 22.1. The van der Waals surface area contributed by atoms with Crippen LogP contribution in [0.15, 0.2) is 78.9 Å². The maximum absolute atomic E-state index is 15.0. The number of halogens is 2. The molecule has 5 rings (SSSR count). The molecule has 0 aliphatic carbocycles. The fourth-order valence-corrected chi connectivity index (χ4v) is 4.45. The zero-order chi connectivity index (χ0) is 22.9. The van der Waals surface area contributed by atoms with Crippen molar-refractivity contribution in [1.82, 2.24) is 14.6 Å². The summed E-state index contributed by atoms with van der Waals surface area (Å²) in [6.07, 6.45) is 0.659. The van der Waals surface area contributed by atoms with Crippen LogP contribution in [0.1, 0.15) is 12.6 Å². The van der Waals surface area contributed by atoms with Crippen molar-refractivity contribution in [1.29, 1.82) is 0 Å². The van der Waals surface area contributed by atoms with Crippen molar-refractivity contribution in [3.8, 4) is 39.3 Å². The fourth-order valence-electron chi connectivity index (χ4n) is 4.15. The maximum Gasteiger partial charge on any atom is 0.165 e. The Morgan fingerprint density at radius 3 is 2.24 bits per heavy atom. The monoisotopic (exact) mass is 457 g/mol. The molecule has 0 saturated heterocycles. The van der Waals surface area contributed by atoms with Crippen LogP contribution in [0.3, 0.4) is 0 Å². The fraction of sp³-hybridized carbons (Fsp3) is 0.111. The summed E-state index contributed by atoms with van der Waals surface area (Å²) in [6, 6.07) is 24.1. The van der Waals surface area contributed by atoms with E-state index in [1.54, 1.807) is 23.8 Å². The molecule has 164 valence electrons. The molecule has 0 aliphatic rings. The largest absolute Gasteiger partial charge is 0.497 e. The Labute approximate surface area is 196 Å². The SMILES string of the molecule is CCc1c(-c2ccc(OC)cc2)c(Cl)nc2c(-c3ccccc3F)c(-c3ccccc3)nn12. The lowest BCUT2D eigenvalue weighted by Gasteiger charge is -2.13. The van der Waals surface area contributed by atoms with Gasteiger partial charge in [0.1, 0.15) is 22.4 Å². The number of benzene rings is 3. The van der Waals surface area contributed by atoms with Gasteiger partial charge >= 0.3 is 0 Å². The predicted molar refractivity (Wildman–Crippen MR) is 130 cm³/mol. The Balaban J connectivity index is 1.86. The molecule has 0 radical (unpaired) electrons. The van der Waals surface area contributed by atoms with E-state index < -0.39 is 0 Å². The van der Waals surface area contributed by atoms with Crippen LogP contribution in [-0.2, 0) is 6.42 Å². The first kappa shape index (κ1) is 21.2. The summed E-state index contributed by atoms with van der Waals surface area (Å²) in [5, 5.41) is 5.29. The molecule has 0 bridgehead atoms. The van der Waals surface area contributed by atoms with Gasteiger partial charge in [0.05, 0.1) is 18.4 Å². The molecule has 0 amide bonds. The smallest absolute Gasteiger partial charge is 0.165 e. The van der Waals surface area contributed by atoms with E-state index in [0.717, 1.165) is 28.1 Å². The summed E-state index contributed by atoms with van der Waals surface area (Å²) in [7, 11) is 1.63. The zero-order valence-corrected chi connectivity index (χ0v) is 19.0. The normalized spacial score (nSPS) is 11.2. The van der Waals surface area contributed by atoms with Gasteiger partial charge in [-0.3, -0.25) is 0 Å². The lowest BCUT2D eigenvalue weighted by Crippen LogP contribution is -2.04. The molecule has 3 aromatic carbocycles. The quantitative estimate of drug-likeness (QED) is 0.264. The standard InChI is InChI=1S/C27H21ClFN3O/c1-3-22-23(17-13-15-19(33-2)16-14-17)26(28)30-27-24(20-11-7-8-12-21(20)29)25(31-32(22)27)18-9-5-4-6-10-18/h4-16H,3H2,1-2H3. The van der Waals surface area contributed by atoms with Crippen LogP contribution in [0.2, 0.25) is 5.15 Å². The number of ether oxygens (including phenoxy) is 1. The molecule has 2 heterocycles. The number of aromatic nitrogens is 3. The van der Waals surface area contributed by atoms with E-state index in [4.69, 9.17) is 26.4 Å². The van der Waals surface area contributed by atoms with Gasteiger partial charge in [0.25, 0.3) is 0 Å². The van der Waals surface area contributed by atoms with Crippen LogP contribution in [-0.4, -0.2) is 21.7 Å². The van der Waals surface area contributed by atoms with Crippen molar-refractivity contribution in [2.24, 2.45) is 0 Å². The van der Waals surface area contributed by atoms with E-state index in [1.165, 1.54) is 6.07 Å². The minimum atomic E-state index is -0.334. The van der Waals surface area contributed by atoms with Crippen molar-refractivity contribution >= 4 is 17.2 Å². The predicted octanol–water partition coefficient (Wildman–Crippen LogP) is 7.09. The van der Waals surface area contributed by atoms with Crippen LogP contribution >= 0.6 is 11.6 Å². The molecular weight excluding hydrogens is 437 g/mol. The summed E-state index contributed by atoms with van der Waals surface area (Å²) in [4.78, 5) is 4.73. The zero-order valence-electron chi connectivity index (χ0n) is 18.2. The molecule has 2 aromatic heterocycles. The first-order valence-electron chi connectivity index (χ1n) is 10.7. The molecule has 0 spiro atoms. The van der Waals surface area contributed by atoms with Crippen molar-refractivity contribution in [2.75, 3.05) is 7.11 Å². The minimum Gasteiger partial charge on any atom is -0.497 e. The van der Waals surface area contributed by atoms with Crippen molar-refractivity contribution in [2.45, 2.75) is 13.3 Å². The summed E-state index contributed by atoms with van der Waals surface area (Å²) in [6.45, 7) is 2.05. The van der Waals surface area contributed by atoms with Gasteiger partial charge < -0.3 is 4.74 Å². The highest BCUT2D eigenvalue weighted by Gasteiger charge is 2.24. The second-order valence-corrected chi connectivity index (χ2v) is 7.97. The molecular formula is C27H21ClFN3O. The molecule has 0 fully saturated rings. The highest BCUT2D eigenvalue weighted by atomic mass is 35.5. The van der Waals surface area contributed by atoms with Gasteiger partial charge in [0.2, 0.25) is 0 Å². The van der Waals surface area contributed by atoms with Gasteiger partial charge in [0, 0.05) is 16.7 Å². The number of aryl methyl sites for hydroxylation is 1. The summed E-state index contributed by atoms with van der Waals surface area (Å²) >= 11 is 6.77. The summed E-state index contributed by atoms with van der Waals surface area (Å²) in [5.41, 5.74) is 5.74. The maximum atomic E-state index is 15.0. The second kappa shape index (κ2) is 8.68. The average Bonchev–Trinajstić information content (AvgIpc) is 3.23. The van der Waals surface area contributed by atoms with E-state index in [9.17, 15) is 4.39 Å². The summed E-state index contributed by atoms with van der Waals surface area (Å²) in [5.74, 6) is 0.425. The van der Waals surface area contributed by atoms with E-state index >= 15 is 0 Å². The number of hydrogen-bond acceptors (Lipinski definition) is 3. The Morgan fingerprint density at radius 2 is 1.58 bits per heavy atom. The topological polar surface area (TPSA) is 39.4 Å². The third kappa shape index (κ3) is 3.64. The van der Waals surface area contributed by atoms with Crippen molar-refractivity contribution in [3.63, 3.8) is 0 Å². The Bertz CT molecular complexity index is 1450. The van der Waals surface area contributed by atoms with E-state index in [1.807, 2.05) is 67.6 Å². The average molecular weight is 458 g/mol. The number of nitrogens with zero attached hydrogens (tertiary/aromatic N) is 3. The molecule has 6 heteroatoms. The Hall–Kier alpha value is -3.70. The van der Waals surface area contributed by atoms with Gasteiger partial charge in [-0.05, 0) is 30.2 Å². The van der Waals surface area contributed by atoms with Gasteiger partial charge in [-0.1, -0.05) is 79.2 Å². The molecule has 0 N–H and O–H groups in total. The number of rotatable bonds is 5. The third-order valence-corrected chi connectivity index (χ3v) is 5.99. The second-order valence-electron chi connectivity index (χ2n) is 7.61. The van der Waals surface area contributed by atoms with E-state index in [0.29, 0.717) is 34.0 Å². The number of hydrogen-bond donors (Lipinski definition) is 0. The Morgan fingerprint density at radius 1 is 0.879 bits per heavy atom. The molecule has 4 nitrogen and oxygen atoms in total. The van der Waals surface area contributed by atoms with Crippen molar-refractivity contribution < 1.29 is 9.13 Å². The van der Waals surface area contributed by atoms with E-state index in [-0.39, 0.29) is 5.82 Å². The number of fused-ring (bicyclic) bond motifs is 1.